The number of nitrogens with one attached hydrogen (secondary N) is 2. The molecule has 0 aliphatic carbocycles. The highest BCUT2D eigenvalue weighted by atomic mass is 35.5. The van der Waals surface area contributed by atoms with Crippen LogP contribution in [0, 0.1) is 0 Å². The number of benzene rings is 1. The van der Waals surface area contributed by atoms with Gasteiger partial charge in [-0.15, -0.1) is 11.3 Å². The molecule has 8 heteroatoms. The fourth-order valence-electron chi connectivity index (χ4n) is 1.69. The summed E-state index contributed by atoms with van der Waals surface area (Å²) in [7, 11) is 1.37. The Bertz CT molecular complexity index is 744. The van der Waals surface area contributed by atoms with Crippen LogP contribution in [0.25, 0.3) is 10.1 Å². The van der Waals surface area contributed by atoms with Gasteiger partial charge in [0, 0.05) is 17.1 Å². The van der Waals surface area contributed by atoms with Crippen LogP contribution in [-0.2, 0) is 9.53 Å². The average Bonchev–Trinajstić information content (AvgIpc) is 2.84. The first-order valence-electron chi connectivity index (χ1n) is 6.34. The minimum Gasteiger partial charge on any atom is -0.448 e. The Labute approximate surface area is 135 Å². The smallest absolute Gasteiger partial charge is 0.350 e. The number of hydrogen-bond acceptors (Lipinski definition) is 5. The zero-order chi connectivity index (χ0) is 16.3. The lowest BCUT2D eigenvalue weighted by Crippen LogP contribution is -2.43. The molecule has 1 heterocycles. The van der Waals surface area contributed by atoms with Gasteiger partial charge in [0.05, 0.1) is 5.02 Å². The first kappa shape index (κ1) is 16.3. The van der Waals surface area contributed by atoms with E-state index in [1.54, 1.807) is 6.07 Å². The van der Waals surface area contributed by atoms with Gasteiger partial charge in [-0.3, -0.25) is 10.1 Å². The lowest BCUT2D eigenvalue weighted by atomic mass is 10.2. The maximum Gasteiger partial charge on any atom is 0.350 e. The summed E-state index contributed by atoms with van der Waals surface area (Å²) in [4.78, 5) is 35.1. The summed E-state index contributed by atoms with van der Waals surface area (Å²) >= 11 is 7.35. The van der Waals surface area contributed by atoms with Crippen LogP contribution < -0.4 is 10.6 Å². The third kappa shape index (κ3) is 3.37. The van der Waals surface area contributed by atoms with Crippen LogP contribution in [0.1, 0.15) is 16.6 Å². The predicted molar refractivity (Wildman–Crippen MR) is 84.3 cm³/mol. The molecule has 0 aliphatic rings. The van der Waals surface area contributed by atoms with Crippen LogP contribution in [0.15, 0.2) is 24.3 Å². The quantitative estimate of drug-likeness (QED) is 0.841. The first-order valence-corrected chi connectivity index (χ1v) is 7.54. The molecule has 1 aromatic carbocycles. The largest absolute Gasteiger partial charge is 0.448 e. The number of esters is 1. The molecule has 6 nitrogen and oxygen atoms in total. The molecular formula is C14H13ClN2O4S. The number of imide groups is 1. The second-order valence-electron chi connectivity index (χ2n) is 4.36. The van der Waals surface area contributed by atoms with E-state index in [2.05, 4.69) is 5.32 Å². The lowest BCUT2D eigenvalue weighted by Gasteiger charge is -2.12. The summed E-state index contributed by atoms with van der Waals surface area (Å²) in [6, 6.07) is 6.61. The zero-order valence-electron chi connectivity index (χ0n) is 11.8. The van der Waals surface area contributed by atoms with Gasteiger partial charge in [-0.05, 0) is 13.0 Å². The Kier molecular flexibility index (Phi) is 4.99. The van der Waals surface area contributed by atoms with Gasteiger partial charge in [-0.25, -0.2) is 9.59 Å². The molecule has 1 aromatic heterocycles. The second kappa shape index (κ2) is 6.76. The van der Waals surface area contributed by atoms with Crippen LogP contribution in [0.3, 0.4) is 0 Å². The number of urea groups is 1. The molecule has 0 fully saturated rings. The van der Waals surface area contributed by atoms with Gasteiger partial charge in [-0.2, -0.15) is 0 Å². The van der Waals surface area contributed by atoms with Crippen molar-refractivity contribution in [2.24, 2.45) is 0 Å². The van der Waals surface area contributed by atoms with Gasteiger partial charge < -0.3 is 10.1 Å². The summed E-state index contributed by atoms with van der Waals surface area (Å²) in [6.07, 6.45) is -1.12. The molecule has 2 N–H and O–H groups in total. The first-order chi connectivity index (χ1) is 10.4. The summed E-state index contributed by atoms with van der Waals surface area (Å²) in [5, 5.41) is 5.31. The van der Waals surface area contributed by atoms with Gasteiger partial charge in [-0.1, -0.05) is 29.8 Å². The molecule has 0 unspecified atom stereocenters. The highest BCUT2D eigenvalue weighted by Crippen LogP contribution is 2.35. The third-order valence-corrected chi connectivity index (χ3v) is 4.49. The molecule has 0 saturated heterocycles. The molecule has 3 amide bonds. The second-order valence-corrected chi connectivity index (χ2v) is 5.79. The van der Waals surface area contributed by atoms with E-state index in [-0.39, 0.29) is 4.88 Å². The minimum absolute atomic E-state index is 0.224. The van der Waals surface area contributed by atoms with E-state index in [1.807, 2.05) is 23.5 Å². The Hall–Kier alpha value is -2.12. The molecule has 0 radical (unpaired) electrons. The van der Waals surface area contributed by atoms with Crippen LogP contribution in [0.5, 0.6) is 0 Å². The van der Waals surface area contributed by atoms with Gasteiger partial charge in [0.15, 0.2) is 6.10 Å². The average molecular weight is 341 g/mol. The van der Waals surface area contributed by atoms with Crippen molar-refractivity contribution in [3.05, 3.63) is 34.2 Å². The molecule has 22 heavy (non-hydrogen) atoms. The Morgan fingerprint density at radius 1 is 1.27 bits per heavy atom. The number of rotatable bonds is 3. The highest BCUT2D eigenvalue weighted by Gasteiger charge is 2.24. The van der Waals surface area contributed by atoms with Gasteiger partial charge >= 0.3 is 12.0 Å². The number of ether oxygens (including phenoxy) is 1. The molecule has 1 atom stereocenters. The Morgan fingerprint density at radius 2 is 1.95 bits per heavy atom. The van der Waals surface area contributed by atoms with E-state index in [0.717, 1.165) is 10.1 Å². The lowest BCUT2D eigenvalue weighted by molar-refractivity contribution is -0.127. The number of hydrogen-bond donors (Lipinski definition) is 2. The van der Waals surface area contributed by atoms with Crippen molar-refractivity contribution >= 4 is 50.9 Å². The number of halogens is 1. The van der Waals surface area contributed by atoms with E-state index < -0.39 is 24.0 Å². The minimum atomic E-state index is -1.12. The van der Waals surface area contributed by atoms with Crippen molar-refractivity contribution in [1.29, 1.82) is 0 Å². The normalized spacial score (nSPS) is 11.8. The van der Waals surface area contributed by atoms with E-state index in [9.17, 15) is 14.4 Å². The fourth-order valence-corrected chi connectivity index (χ4v) is 3.08. The predicted octanol–water partition coefficient (Wildman–Crippen LogP) is 2.56. The number of amides is 3. The highest BCUT2D eigenvalue weighted by molar-refractivity contribution is 7.21. The molecular weight excluding hydrogens is 328 g/mol. The van der Waals surface area contributed by atoms with Crippen molar-refractivity contribution in [3.8, 4) is 0 Å². The van der Waals surface area contributed by atoms with Crippen molar-refractivity contribution in [2.45, 2.75) is 13.0 Å². The summed E-state index contributed by atoms with van der Waals surface area (Å²) in [5.74, 6) is -1.42. The van der Waals surface area contributed by atoms with Crippen LogP contribution in [0.4, 0.5) is 4.79 Å². The summed E-state index contributed by atoms with van der Waals surface area (Å²) < 4.78 is 5.90. The van der Waals surface area contributed by atoms with Crippen molar-refractivity contribution in [1.82, 2.24) is 10.6 Å². The van der Waals surface area contributed by atoms with Gasteiger partial charge in [0.1, 0.15) is 4.88 Å². The topological polar surface area (TPSA) is 84.5 Å². The molecule has 0 aliphatic heterocycles. The number of fused-ring (bicyclic) bond motifs is 1. The number of carbonyl (C=O) groups excluding carboxylic acids is 3. The van der Waals surface area contributed by atoms with Crippen molar-refractivity contribution < 1.29 is 19.1 Å². The standard InChI is InChI=1S/C14H13ClN2O4S/c1-7(12(18)17-14(20)16-2)21-13(19)11-10(15)8-5-3-4-6-9(8)22-11/h3-7H,1-2H3,(H2,16,17,18,20)/t7-/m1/s1. The number of thiophene rings is 1. The van der Waals surface area contributed by atoms with Gasteiger partial charge in [0.2, 0.25) is 0 Å². The van der Waals surface area contributed by atoms with E-state index >= 15 is 0 Å². The third-order valence-electron chi connectivity index (χ3n) is 2.84. The van der Waals surface area contributed by atoms with E-state index in [4.69, 9.17) is 16.3 Å². The molecule has 0 saturated carbocycles. The van der Waals surface area contributed by atoms with Gasteiger partial charge in [0.25, 0.3) is 5.91 Å². The molecule has 2 aromatic rings. The van der Waals surface area contributed by atoms with Crippen molar-refractivity contribution in [3.63, 3.8) is 0 Å². The molecule has 2 rings (SSSR count). The zero-order valence-corrected chi connectivity index (χ0v) is 13.4. The van der Waals surface area contributed by atoms with E-state index in [1.165, 1.54) is 25.3 Å². The monoisotopic (exact) mass is 340 g/mol. The molecule has 116 valence electrons. The SMILES string of the molecule is CNC(=O)NC(=O)[C@@H](C)OC(=O)c1sc2ccccc2c1Cl. The van der Waals surface area contributed by atoms with Crippen LogP contribution in [-0.4, -0.2) is 31.1 Å². The Morgan fingerprint density at radius 3 is 2.59 bits per heavy atom. The van der Waals surface area contributed by atoms with Crippen LogP contribution in [0.2, 0.25) is 5.02 Å². The fraction of sp³-hybridized carbons (Fsp3) is 0.214. The Balaban J connectivity index is 2.12. The number of carbonyl (C=O) groups is 3. The van der Waals surface area contributed by atoms with E-state index in [0.29, 0.717) is 5.02 Å². The molecule has 0 bridgehead atoms. The van der Waals surface area contributed by atoms with Crippen molar-refractivity contribution in [2.75, 3.05) is 7.05 Å². The maximum absolute atomic E-state index is 12.1. The summed E-state index contributed by atoms with van der Waals surface area (Å²) in [6.45, 7) is 1.37. The maximum atomic E-state index is 12.1. The molecule has 0 spiro atoms. The summed E-state index contributed by atoms with van der Waals surface area (Å²) in [5.41, 5.74) is 0. The van der Waals surface area contributed by atoms with Crippen LogP contribution >= 0.6 is 22.9 Å².